The number of methoxy groups -OCH3 is 1. The van der Waals surface area contributed by atoms with Crippen LogP contribution in [0.25, 0.3) is 0 Å². The van der Waals surface area contributed by atoms with E-state index < -0.39 is 24.9 Å². The predicted molar refractivity (Wildman–Crippen MR) is 175 cm³/mol. The number of carbonyl (C=O) groups is 1. The number of carbonyl (C=O) groups excluding carboxylic acids is 1. The third-order valence-corrected chi connectivity index (χ3v) is 10.7. The van der Waals surface area contributed by atoms with Crippen LogP contribution in [0, 0.1) is 6.92 Å². The minimum absolute atomic E-state index is 0. The smallest absolute Gasteiger partial charge is 0.756 e. The molecule has 50 heavy (non-hydrogen) atoms. The van der Waals surface area contributed by atoms with E-state index >= 15 is 0 Å². The molecular formula is C35H45KNO12P. The second-order valence-corrected chi connectivity index (χ2v) is 13.9. The summed E-state index contributed by atoms with van der Waals surface area (Å²) in [4.78, 5) is 28.7. The van der Waals surface area contributed by atoms with Gasteiger partial charge >= 0.3 is 51.4 Å². The van der Waals surface area contributed by atoms with Gasteiger partial charge in [0, 0.05) is 11.6 Å². The molecule has 1 unspecified atom stereocenters. The van der Waals surface area contributed by atoms with Gasteiger partial charge in [-0.1, -0.05) is 23.8 Å². The fourth-order valence-electron chi connectivity index (χ4n) is 7.45. The molecule has 2 aliphatic carbocycles. The number of piperidine rings is 1. The number of hydrogen-bond donors (Lipinski definition) is 0. The topological polar surface area (TPSA) is 144 Å². The summed E-state index contributed by atoms with van der Waals surface area (Å²) in [6.07, 6.45) is 3.01. The van der Waals surface area contributed by atoms with Crippen LogP contribution in [0.4, 0.5) is 0 Å². The van der Waals surface area contributed by atoms with Crippen molar-refractivity contribution in [1.29, 1.82) is 0 Å². The maximum absolute atomic E-state index is 13.4. The molecule has 2 aliphatic heterocycles. The third kappa shape index (κ3) is 8.29. The van der Waals surface area contributed by atoms with Crippen LogP contribution in [0.3, 0.4) is 0 Å². The number of aryl methyl sites for hydroxylation is 1. The standard InChI is InChI=1S/C35H46NO12P.K/c1-25-4-7-27(8-5-25)45-22-20-43-18-16-41-14-15-42-17-19-44-21-23-46-49(38,39)48-35-11-10-28(37)33-34(35)12-13-36(2)30(35)24-26-6-9-29(40-3)32(47-33)31(26)34;/h4-11,30,33H,12-24H2,1-3H3,(H,38,39);/q;+1/p-1/t30-,33+,34+,35-;/m1./s1. The summed E-state index contributed by atoms with van der Waals surface area (Å²) in [5, 5.41) is 0. The summed E-state index contributed by atoms with van der Waals surface area (Å²) in [5.74, 6) is 1.56. The summed E-state index contributed by atoms with van der Waals surface area (Å²) in [5.41, 5.74) is 0.522. The fraction of sp³-hybridized carbons (Fsp3) is 0.571. The first-order valence-corrected chi connectivity index (χ1v) is 18.1. The number of ketones is 1. The first-order valence-electron chi connectivity index (χ1n) is 16.7. The van der Waals surface area contributed by atoms with E-state index in [1.807, 2.05) is 50.4 Å². The summed E-state index contributed by atoms with van der Waals surface area (Å²) >= 11 is 0. The molecule has 0 saturated carbocycles. The molecule has 0 amide bonds. The molecule has 1 saturated heterocycles. The van der Waals surface area contributed by atoms with Crippen molar-refractivity contribution in [3.63, 3.8) is 0 Å². The Labute approximate surface area is 335 Å². The largest absolute Gasteiger partial charge is 1.00 e. The van der Waals surface area contributed by atoms with Gasteiger partial charge in [0.25, 0.3) is 7.82 Å². The van der Waals surface area contributed by atoms with Crippen molar-refractivity contribution >= 4 is 13.6 Å². The Morgan fingerprint density at radius 1 is 0.920 bits per heavy atom. The molecule has 2 aromatic rings. The molecule has 4 aliphatic rings. The number of nitrogens with zero attached hydrogens (tertiary/aromatic N) is 1. The zero-order chi connectivity index (χ0) is 34.5. The molecule has 6 rings (SSSR count). The van der Waals surface area contributed by atoms with Crippen molar-refractivity contribution in [2.24, 2.45) is 0 Å². The molecule has 15 heteroatoms. The van der Waals surface area contributed by atoms with Crippen molar-refractivity contribution in [3.05, 3.63) is 65.2 Å². The van der Waals surface area contributed by atoms with E-state index in [1.165, 1.54) is 11.6 Å². The molecule has 13 nitrogen and oxygen atoms in total. The van der Waals surface area contributed by atoms with E-state index in [-0.39, 0.29) is 83.0 Å². The molecule has 0 radical (unpaired) electrons. The van der Waals surface area contributed by atoms with Crippen LogP contribution in [0.15, 0.2) is 48.6 Å². The maximum Gasteiger partial charge on any atom is 1.00 e. The van der Waals surface area contributed by atoms with Gasteiger partial charge in [0.15, 0.2) is 23.4 Å². The summed E-state index contributed by atoms with van der Waals surface area (Å²) in [6.45, 7) is 5.66. The van der Waals surface area contributed by atoms with Crippen LogP contribution >= 0.6 is 7.82 Å². The first kappa shape index (κ1) is 40.0. The number of rotatable bonds is 20. The first-order chi connectivity index (χ1) is 23.7. The van der Waals surface area contributed by atoms with Crippen molar-refractivity contribution in [2.75, 3.05) is 86.8 Å². The van der Waals surface area contributed by atoms with Gasteiger partial charge in [-0.05, 0) is 69.3 Å². The number of likely N-dealkylation sites (N-methyl/N-ethyl adjacent to an activating group) is 1. The summed E-state index contributed by atoms with van der Waals surface area (Å²) < 4.78 is 64.3. The van der Waals surface area contributed by atoms with Crippen LogP contribution in [-0.2, 0) is 49.2 Å². The van der Waals surface area contributed by atoms with Crippen LogP contribution in [-0.4, -0.2) is 115 Å². The number of likely N-dealkylation sites (tertiary alicyclic amines) is 1. The number of benzene rings is 2. The van der Waals surface area contributed by atoms with Crippen LogP contribution in [0.2, 0.25) is 0 Å². The second-order valence-electron chi connectivity index (χ2n) is 12.6. The van der Waals surface area contributed by atoms with E-state index in [9.17, 15) is 14.3 Å². The molecule has 1 fully saturated rings. The number of hydrogen-bond acceptors (Lipinski definition) is 13. The molecule has 2 bridgehead atoms. The van der Waals surface area contributed by atoms with Gasteiger partial charge in [0.05, 0.1) is 72.0 Å². The van der Waals surface area contributed by atoms with Gasteiger partial charge < -0.3 is 47.1 Å². The number of phosphoric acid groups is 1. The summed E-state index contributed by atoms with van der Waals surface area (Å²) in [6, 6.07) is 11.3. The van der Waals surface area contributed by atoms with Gasteiger partial charge in [-0.15, -0.1) is 0 Å². The van der Waals surface area contributed by atoms with E-state index in [4.69, 9.17) is 42.2 Å². The molecule has 1 spiro atoms. The monoisotopic (exact) mass is 741 g/mol. The third-order valence-electron chi connectivity index (χ3n) is 9.68. The zero-order valence-corrected chi connectivity index (χ0v) is 33.3. The van der Waals surface area contributed by atoms with Gasteiger partial charge in [0.1, 0.15) is 18.0 Å². The van der Waals surface area contributed by atoms with Crippen molar-refractivity contribution in [2.45, 2.75) is 42.9 Å². The van der Waals surface area contributed by atoms with Crippen LogP contribution in [0.1, 0.15) is 23.1 Å². The van der Waals surface area contributed by atoms with Gasteiger partial charge in [0.2, 0.25) is 0 Å². The van der Waals surface area contributed by atoms with Crippen molar-refractivity contribution < 1.29 is 108 Å². The fourth-order valence-corrected chi connectivity index (χ4v) is 8.52. The Kier molecular flexibility index (Phi) is 14.2. The number of ether oxygens (including phenoxy) is 7. The Morgan fingerprint density at radius 2 is 1.54 bits per heavy atom. The molecule has 268 valence electrons. The quantitative estimate of drug-likeness (QED) is 0.101. The predicted octanol–water partition coefficient (Wildman–Crippen LogP) is -0.209. The van der Waals surface area contributed by atoms with Gasteiger partial charge in [-0.3, -0.25) is 14.3 Å². The van der Waals surface area contributed by atoms with Crippen molar-refractivity contribution in [1.82, 2.24) is 4.90 Å². The van der Waals surface area contributed by atoms with Gasteiger partial charge in [-0.25, -0.2) is 0 Å². The number of phosphoric ester groups is 1. The molecule has 0 aromatic heterocycles. The molecule has 2 heterocycles. The Hall–Kier alpha value is -1.20. The molecule has 2 aromatic carbocycles. The van der Waals surface area contributed by atoms with Crippen molar-refractivity contribution in [3.8, 4) is 17.2 Å². The Balaban J connectivity index is 0.00000486. The molecular weight excluding hydrogens is 696 g/mol. The molecule has 0 N–H and O–H groups in total. The minimum Gasteiger partial charge on any atom is -0.756 e. The van der Waals surface area contributed by atoms with E-state index in [2.05, 4.69) is 4.90 Å². The zero-order valence-electron chi connectivity index (χ0n) is 29.3. The maximum atomic E-state index is 13.4. The average Bonchev–Trinajstić information content (AvgIpc) is 3.44. The second kappa shape index (κ2) is 17.7. The van der Waals surface area contributed by atoms with E-state index in [1.54, 1.807) is 13.2 Å². The van der Waals surface area contributed by atoms with Gasteiger partial charge in [-0.2, -0.15) is 0 Å². The minimum atomic E-state index is -4.87. The van der Waals surface area contributed by atoms with Crippen LogP contribution < -0.4 is 70.5 Å². The SMILES string of the molecule is COc1ccc2c3c1O[C@H]1C(=O)C=C[C@@]4(OP(=O)([O-])OCCOCCOCCOCCOCCOc5ccc(C)cc5)[C@@H](C2)N(C)CC[C@]314.[K+]. The Bertz CT molecular complexity index is 1540. The Morgan fingerprint density at radius 3 is 2.18 bits per heavy atom. The van der Waals surface area contributed by atoms with E-state index in [0.29, 0.717) is 77.1 Å². The summed E-state index contributed by atoms with van der Waals surface area (Å²) in [7, 11) is -1.40. The average molecular weight is 742 g/mol. The molecule has 5 atom stereocenters. The van der Waals surface area contributed by atoms with Crippen LogP contribution in [0.5, 0.6) is 17.2 Å². The van der Waals surface area contributed by atoms with E-state index in [0.717, 1.165) is 16.9 Å². The normalized spacial score (nSPS) is 25.7.